The number of carbonyl (C=O) groups is 1. The number of piperidine rings is 1. The molecule has 0 bridgehead atoms. The van der Waals surface area contributed by atoms with E-state index in [9.17, 15) is 10.1 Å². The molecule has 4 saturated heterocycles. The monoisotopic (exact) mass is 452 g/mol. The summed E-state index contributed by atoms with van der Waals surface area (Å²) in [4.78, 5) is 15.5. The topological polar surface area (TPSA) is 92.7 Å². The Labute approximate surface area is 196 Å². The van der Waals surface area contributed by atoms with Crippen LogP contribution in [0.15, 0.2) is 24.3 Å². The number of likely N-dealkylation sites (tertiary alicyclic amines) is 1. The van der Waals surface area contributed by atoms with Gasteiger partial charge in [0.15, 0.2) is 0 Å². The van der Waals surface area contributed by atoms with E-state index in [0.717, 1.165) is 31.6 Å². The maximum absolute atomic E-state index is 12.9. The number of hydrogen-bond acceptors (Lipinski definition) is 7. The van der Waals surface area contributed by atoms with E-state index in [2.05, 4.69) is 63.2 Å². The SMILES string of the molecule is CC(c1ccc(NC2NN([C@]3(CC#N)CCCOC3)C3CCNC(=O)C23)cc1)N1CCCC1. The number of ether oxygens (including phenoxy) is 1. The molecule has 0 radical (unpaired) electrons. The molecule has 4 heterocycles. The van der Waals surface area contributed by atoms with E-state index in [4.69, 9.17) is 4.74 Å². The molecule has 4 aliphatic heterocycles. The Bertz CT molecular complexity index is 872. The molecule has 3 N–H and O–H groups in total. The Kier molecular flexibility index (Phi) is 6.57. The molecule has 4 unspecified atom stereocenters. The van der Waals surface area contributed by atoms with Gasteiger partial charge in [0.25, 0.3) is 0 Å². The highest BCUT2D eigenvalue weighted by Gasteiger charge is 2.54. The maximum Gasteiger partial charge on any atom is 0.228 e. The number of benzene rings is 1. The van der Waals surface area contributed by atoms with Crippen LogP contribution in [0.3, 0.4) is 0 Å². The summed E-state index contributed by atoms with van der Waals surface area (Å²) in [7, 11) is 0. The summed E-state index contributed by atoms with van der Waals surface area (Å²) in [5.74, 6) is -0.152. The van der Waals surface area contributed by atoms with Crippen molar-refractivity contribution in [2.45, 2.75) is 69.2 Å². The van der Waals surface area contributed by atoms with Crippen molar-refractivity contribution in [1.82, 2.24) is 20.7 Å². The van der Waals surface area contributed by atoms with E-state index in [1.165, 1.54) is 31.5 Å². The Hall–Kier alpha value is -2.18. The molecule has 1 aromatic rings. The highest BCUT2D eigenvalue weighted by Crippen LogP contribution is 2.39. The van der Waals surface area contributed by atoms with Crippen LogP contribution in [0.25, 0.3) is 0 Å². The van der Waals surface area contributed by atoms with Crippen LogP contribution in [0.1, 0.15) is 57.1 Å². The number of amides is 1. The van der Waals surface area contributed by atoms with Crippen LogP contribution in [-0.2, 0) is 9.53 Å². The molecule has 0 aromatic heterocycles. The Balaban J connectivity index is 1.34. The molecule has 0 aliphatic carbocycles. The number of carbonyl (C=O) groups excluding carboxylic acids is 1. The van der Waals surface area contributed by atoms with Crippen LogP contribution in [0, 0.1) is 17.2 Å². The van der Waals surface area contributed by atoms with Gasteiger partial charge in [0.1, 0.15) is 6.17 Å². The zero-order valence-corrected chi connectivity index (χ0v) is 19.6. The minimum atomic E-state index is -0.390. The molecule has 8 heteroatoms. The van der Waals surface area contributed by atoms with Crippen LogP contribution < -0.4 is 16.1 Å². The molecule has 1 aromatic carbocycles. The standard InChI is InChI=1S/C25H36N6O2/c1-18(30-14-2-3-15-30)19-5-7-20(8-6-19)28-23-22-21(9-13-27-24(22)32)31(29-23)25(11-12-26)10-4-16-33-17-25/h5-8,18,21-23,28-29H,2-4,9-11,13-17H2,1H3,(H,27,32)/t18?,21?,22?,23?,25-/m0/s1. The van der Waals surface area contributed by atoms with Gasteiger partial charge in [-0.2, -0.15) is 5.26 Å². The average Bonchev–Trinajstić information content (AvgIpc) is 3.50. The predicted molar refractivity (Wildman–Crippen MR) is 126 cm³/mol. The van der Waals surface area contributed by atoms with E-state index in [0.29, 0.717) is 25.6 Å². The third kappa shape index (κ3) is 4.35. The molecular weight excluding hydrogens is 416 g/mol. The maximum atomic E-state index is 12.9. The smallest absolute Gasteiger partial charge is 0.228 e. The molecule has 4 fully saturated rings. The van der Waals surface area contributed by atoms with Gasteiger partial charge in [0.2, 0.25) is 5.91 Å². The lowest BCUT2D eigenvalue weighted by Gasteiger charge is -2.46. The number of hydrogen-bond donors (Lipinski definition) is 3. The van der Waals surface area contributed by atoms with Gasteiger partial charge in [-0.1, -0.05) is 12.1 Å². The first-order valence-corrected chi connectivity index (χ1v) is 12.5. The van der Waals surface area contributed by atoms with Gasteiger partial charge in [-0.3, -0.25) is 9.69 Å². The van der Waals surface area contributed by atoms with Gasteiger partial charge in [0.05, 0.1) is 30.6 Å². The largest absolute Gasteiger partial charge is 0.379 e. The fourth-order valence-corrected chi connectivity index (χ4v) is 6.19. The van der Waals surface area contributed by atoms with Gasteiger partial charge in [-0.05, 0) is 69.8 Å². The van der Waals surface area contributed by atoms with Gasteiger partial charge >= 0.3 is 0 Å². The third-order valence-corrected chi connectivity index (χ3v) is 8.05. The molecule has 1 amide bonds. The fourth-order valence-electron chi connectivity index (χ4n) is 6.19. The summed E-state index contributed by atoms with van der Waals surface area (Å²) in [6.45, 7) is 6.55. The first-order valence-electron chi connectivity index (χ1n) is 12.5. The highest BCUT2D eigenvalue weighted by atomic mass is 16.5. The van der Waals surface area contributed by atoms with Crippen molar-refractivity contribution in [3.05, 3.63) is 29.8 Å². The van der Waals surface area contributed by atoms with E-state index in [1.54, 1.807) is 0 Å². The number of nitriles is 1. The number of nitrogens with one attached hydrogen (secondary N) is 3. The van der Waals surface area contributed by atoms with Crippen molar-refractivity contribution in [2.24, 2.45) is 5.92 Å². The summed E-state index contributed by atoms with van der Waals surface area (Å²) in [6.07, 6.45) is 5.43. The summed E-state index contributed by atoms with van der Waals surface area (Å²) in [5, 5.41) is 18.4. The number of fused-ring (bicyclic) bond motifs is 1. The van der Waals surface area contributed by atoms with Crippen LogP contribution >= 0.6 is 0 Å². The first-order chi connectivity index (χ1) is 16.1. The molecule has 5 atom stereocenters. The number of nitrogens with zero attached hydrogens (tertiary/aromatic N) is 3. The Morgan fingerprint density at radius 1 is 1.27 bits per heavy atom. The van der Waals surface area contributed by atoms with Gasteiger partial charge in [-0.25, -0.2) is 10.4 Å². The van der Waals surface area contributed by atoms with Crippen molar-refractivity contribution < 1.29 is 9.53 Å². The van der Waals surface area contributed by atoms with Crippen molar-refractivity contribution in [2.75, 3.05) is 38.2 Å². The van der Waals surface area contributed by atoms with E-state index in [-0.39, 0.29) is 29.6 Å². The van der Waals surface area contributed by atoms with Crippen molar-refractivity contribution in [3.63, 3.8) is 0 Å². The second-order valence-corrected chi connectivity index (χ2v) is 10.1. The minimum absolute atomic E-state index is 0.0424. The molecule has 0 spiro atoms. The third-order valence-electron chi connectivity index (χ3n) is 8.05. The van der Waals surface area contributed by atoms with Crippen LogP contribution in [-0.4, -0.2) is 66.4 Å². The summed E-state index contributed by atoms with van der Waals surface area (Å²) in [6, 6.07) is 11.5. The second kappa shape index (κ2) is 9.59. The van der Waals surface area contributed by atoms with Gasteiger partial charge in [-0.15, -0.1) is 0 Å². The van der Waals surface area contributed by atoms with Crippen LogP contribution in [0.2, 0.25) is 0 Å². The zero-order chi connectivity index (χ0) is 22.8. The average molecular weight is 453 g/mol. The summed E-state index contributed by atoms with van der Waals surface area (Å²) < 4.78 is 5.83. The van der Waals surface area contributed by atoms with Crippen molar-refractivity contribution >= 4 is 11.6 Å². The highest BCUT2D eigenvalue weighted by molar-refractivity contribution is 5.82. The molecule has 4 aliphatic rings. The lowest BCUT2D eigenvalue weighted by atomic mass is 9.84. The molecule has 178 valence electrons. The number of rotatable bonds is 6. The molecule has 5 rings (SSSR count). The molecular formula is C25H36N6O2. The quantitative estimate of drug-likeness (QED) is 0.610. The van der Waals surface area contributed by atoms with Gasteiger partial charge in [0, 0.05) is 30.9 Å². The lowest BCUT2D eigenvalue weighted by molar-refractivity contribution is -0.130. The van der Waals surface area contributed by atoms with Gasteiger partial charge < -0.3 is 15.4 Å². The summed E-state index contributed by atoms with van der Waals surface area (Å²) in [5.41, 5.74) is 5.54. The fraction of sp³-hybridized carbons (Fsp3) is 0.680. The van der Waals surface area contributed by atoms with Crippen molar-refractivity contribution in [1.29, 1.82) is 5.26 Å². The molecule has 0 saturated carbocycles. The number of hydrazine groups is 1. The zero-order valence-electron chi connectivity index (χ0n) is 19.6. The number of anilines is 1. The van der Waals surface area contributed by atoms with E-state index >= 15 is 0 Å². The van der Waals surface area contributed by atoms with Crippen LogP contribution in [0.4, 0.5) is 5.69 Å². The predicted octanol–water partition coefficient (Wildman–Crippen LogP) is 2.37. The second-order valence-electron chi connectivity index (χ2n) is 10.1. The Morgan fingerprint density at radius 2 is 2.06 bits per heavy atom. The van der Waals surface area contributed by atoms with E-state index in [1.807, 2.05) is 0 Å². The first kappa shape index (κ1) is 22.6. The Morgan fingerprint density at radius 3 is 2.76 bits per heavy atom. The minimum Gasteiger partial charge on any atom is -0.379 e. The normalized spacial score (nSPS) is 33.8. The molecule has 33 heavy (non-hydrogen) atoms. The van der Waals surface area contributed by atoms with Crippen LogP contribution in [0.5, 0.6) is 0 Å². The lowest BCUT2D eigenvalue weighted by Crippen LogP contribution is -2.61. The van der Waals surface area contributed by atoms with E-state index < -0.39 is 0 Å². The van der Waals surface area contributed by atoms with Crippen molar-refractivity contribution in [3.8, 4) is 6.07 Å². The summed E-state index contributed by atoms with van der Waals surface area (Å²) >= 11 is 0. The molecule has 8 nitrogen and oxygen atoms in total.